The summed E-state index contributed by atoms with van der Waals surface area (Å²) in [6, 6.07) is 16.1. The van der Waals surface area contributed by atoms with Gasteiger partial charge in [-0.1, -0.05) is 56.0 Å². The van der Waals surface area contributed by atoms with Gasteiger partial charge in [0, 0.05) is 0 Å². The van der Waals surface area contributed by atoms with Crippen LogP contribution in [-0.2, 0) is 25.7 Å². The summed E-state index contributed by atoms with van der Waals surface area (Å²) in [7, 11) is 0. The Morgan fingerprint density at radius 1 is 0.850 bits per heavy atom. The van der Waals surface area contributed by atoms with Gasteiger partial charge in [-0.25, -0.2) is 0 Å². The second-order valence-electron chi connectivity index (χ2n) is 5.77. The van der Waals surface area contributed by atoms with Gasteiger partial charge < -0.3 is 0 Å². The Balaban J connectivity index is 2.01. The Labute approximate surface area is 122 Å². The molecule has 0 aromatic heterocycles. The van der Waals surface area contributed by atoms with Crippen LogP contribution in [0.15, 0.2) is 49.0 Å². The summed E-state index contributed by atoms with van der Waals surface area (Å²) in [6.07, 6.45) is 5.49. The van der Waals surface area contributed by atoms with Crippen molar-refractivity contribution in [2.45, 2.75) is 39.0 Å². The molecule has 0 unspecified atom stereocenters. The van der Waals surface area contributed by atoms with Crippen molar-refractivity contribution in [2.75, 3.05) is 0 Å². The molecule has 0 aliphatic heterocycles. The maximum absolute atomic E-state index is 4.26. The normalized spacial score (nSPS) is 13.8. The second-order valence-corrected chi connectivity index (χ2v) is 5.77. The average molecular weight is 262 g/mol. The molecule has 0 saturated carbocycles. The molecular formula is C20H22. The molecule has 0 heterocycles. The van der Waals surface area contributed by atoms with Crippen molar-refractivity contribution in [3.8, 4) is 0 Å². The first-order valence-electron chi connectivity index (χ1n) is 7.64. The van der Waals surface area contributed by atoms with Crippen molar-refractivity contribution in [3.05, 3.63) is 76.9 Å². The molecule has 0 nitrogen and oxygen atoms in total. The van der Waals surface area contributed by atoms with Gasteiger partial charge in [-0.15, -0.1) is 0 Å². The van der Waals surface area contributed by atoms with Gasteiger partial charge >= 0.3 is 0 Å². The quantitative estimate of drug-likeness (QED) is 0.715. The molecule has 0 amide bonds. The lowest BCUT2D eigenvalue weighted by molar-refractivity contribution is 0.916. The molecule has 20 heavy (non-hydrogen) atoms. The zero-order valence-corrected chi connectivity index (χ0v) is 12.3. The number of hydrogen-bond donors (Lipinski definition) is 0. The van der Waals surface area contributed by atoms with Gasteiger partial charge in [-0.05, 0) is 65.5 Å². The molecule has 4 bridgehead atoms. The number of allylic oxidation sites excluding steroid dienone is 1. The fourth-order valence-electron chi connectivity index (χ4n) is 2.96. The minimum Gasteiger partial charge on any atom is -0.0952 e. The minimum atomic E-state index is 1.03. The van der Waals surface area contributed by atoms with Crippen molar-refractivity contribution in [1.82, 2.24) is 0 Å². The molecule has 6 rings (SSSR count). The van der Waals surface area contributed by atoms with Gasteiger partial charge in [0.1, 0.15) is 0 Å². The Hall–Kier alpha value is -1.82. The van der Waals surface area contributed by atoms with Crippen LogP contribution in [0.1, 0.15) is 41.2 Å². The largest absolute Gasteiger partial charge is 0.0952 e. The predicted octanol–water partition coefficient (Wildman–Crippen LogP) is 4.99. The molecule has 4 aliphatic carbocycles. The van der Waals surface area contributed by atoms with Crippen LogP contribution in [0.3, 0.4) is 0 Å². The van der Waals surface area contributed by atoms with E-state index in [1.807, 2.05) is 0 Å². The maximum atomic E-state index is 4.26. The predicted molar refractivity (Wildman–Crippen MR) is 87.0 cm³/mol. The Kier molecular flexibility index (Phi) is 3.73. The van der Waals surface area contributed by atoms with E-state index in [-0.39, 0.29) is 0 Å². The first kappa shape index (κ1) is 13.2. The van der Waals surface area contributed by atoms with Gasteiger partial charge in [-0.3, -0.25) is 0 Å². The zero-order chi connectivity index (χ0) is 13.9. The molecule has 0 spiro atoms. The number of hydrogen-bond acceptors (Lipinski definition) is 0. The lowest BCUT2D eigenvalue weighted by Gasteiger charge is -2.15. The third-order valence-electron chi connectivity index (χ3n) is 4.39. The minimum absolute atomic E-state index is 1.03. The summed E-state index contributed by atoms with van der Waals surface area (Å²) in [5, 5.41) is 0. The second kappa shape index (κ2) is 5.66. The standard InChI is InChI=1S/C20H22/c1-3-15(2)20-14-18-9-8-16-4-6-17(7-5-16)10-12-19(20)13-11-18/h4-7,11,13-14H,2-3,8-10,12H2,1H3. The van der Waals surface area contributed by atoms with Crippen LogP contribution in [0.4, 0.5) is 0 Å². The zero-order valence-electron chi connectivity index (χ0n) is 12.3. The fraction of sp³-hybridized carbons (Fsp3) is 0.300. The average Bonchev–Trinajstić information content (AvgIpc) is 2.49. The van der Waals surface area contributed by atoms with E-state index < -0.39 is 0 Å². The van der Waals surface area contributed by atoms with Crippen LogP contribution in [0.5, 0.6) is 0 Å². The number of aryl methyl sites for hydroxylation is 4. The van der Waals surface area contributed by atoms with Crippen molar-refractivity contribution >= 4 is 5.57 Å². The lowest BCUT2D eigenvalue weighted by atomic mass is 9.90. The molecule has 2 aromatic rings. The van der Waals surface area contributed by atoms with Gasteiger partial charge in [0.15, 0.2) is 0 Å². The van der Waals surface area contributed by atoms with Crippen molar-refractivity contribution in [2.24, 2.45) is 0 Å². The molecule has 0 saturated heterocycles. The molecule has 0 atom stereocenters. The highest BCUT2D eigenvalue weighted by atomic mass is 14.1. The van der Waals surface area contributed by atoms with Crippen molar-refractivity contribution < 1.29 is 0 Å². The first-order valence-corrected chi connectivity index (χ1v) is 7.64. The van der Waals surface area contributed by atoms with Gasteiger partial charge in [-0.2, -0.15) is 0 Å². The summed E-state index contributed by atoms with van der Waals surface area (Å²) in [4.78, 5) is 0. The molecule has 0 heteroatoms. The Morgan fingerprint density at radius 2 is 1.40 bits per heavy atom. The topological polar surface area (TPSA) is 0 Å². The van der Waals surface area contributed by atoms with Crippen LogP contribution in [0.2, 0.25) is 0 Å². The van der Waals surface area contributed by atoms with Crippen LogP contribution in [0, 0.1) is 0 Å². The summed E-state index contributed by atoms with van der Waals surface area (Å²) < 4.78 is 0. The third-order valence-corrected chi connectivity index (χ3v) is 4.39. The highest BCUT2D eigenvalue weighted by Gasteiger charge is 2.09. The van der Waals surface area contributed by atoms with E-state index in [1.54, 1.807) is 0 Å². The van der Waals surface area contributed by atoms with E-state index in [2.05, 4.69) is 56.0 Å². The molecule has 0 fully saturated rings. The van der Waals surface area contributed by atoms with Crippen LogP contribution < -0.4 is 0 Å². The Bertz CT molecular complexity index is 617. The third kappa shape index (κ3) is 2.70. The van der Waals surface area contributed by atoms with E-state index >= 15 is 0 Å². The molecule has 4 aliphatic rings. The Morgan fingerprint density at radius 3 is 2.05 bits per heavy atom. The van der Waals surface area contributed by atoms with Gasteiger partial charge in [0.25, 0.3) is 0 Å². The summed E-state index contributed by atoms with van der Waals surface area (Å²) in [6.45, 7) is 6.45. The van der Waals surface area contributed by atoms with Crippen LogP contribution >= 0.6 is 0 Å². The summed E-state index contributed by atoms with van der Waals surface area (Å²) in [5.41, 5.74) is 8.42. The lowest BCUT2D eigenvalue weighted by Crippen LogP contribution is -2.01. The van der Waals surface area contributed by atoms with Crippen molar-refractivity contribution in [1.29, 1.82) is 0 Å². The summed E-state index contributed by atoms with van der Waals surface area (Å²) in [5.74, 6) is 0. The first-order chi connectivity index (χ1) is 9.76. The highest BCUT2D eigenvalue weighted by molar-refractivity contribution is 5.67. The monoisotopic (exact) mass is 262 g/mol. The van der Waals surface area contributed by atoms with Crippen LogP contribution in [0.25, 0.3) is 5.57 Å². The number of benzene rings is 2. The van der Waals surface area contributed by atoms with E-state index in [4.69, 9.17) is 0 Å². The van der Waals surface area contributed by atoms with E-state index in [1.165, 1.54) is 33.4 Å². The molecule has 0 N–H and O–H groups in total. The molecular weight excluding hydrogens is 240 g/mol. The highest BCUT2D eigenvalue weighted by Crippen LogP contribution is 2.25. The maximum Gasteiger partial charge on any atom is -0.0196 e. The molecule has 102 valence electrons. The van der Waals surface area contributed by atoms with Crippen molar-refractivity contribution in [3.63, 3.8) is 0 Å². The summed E-state index contributed by atoms with van der Waals surface area (Å²) >= 11 is 0. The van der Waals surface area contributed by atoms with Crippen LogP contribution in [-0.4, -0.2) is 0 Å². The van der Waals surface area contributed by atoms with Gasteiger partial charge in [0.2, 0.25) is 0 Å². The molecule has 0 radical (unpaired) electrons. The van der Waals surface area contributed by atoms with E-state index in [0.717, 1.165) is 32.1 Å². The van der Waals surface area contributed by atoms with Gasteiger partial charge in [0.05, 0.1) is 0 Å². The number of rotatable bonds is 2. The SMILES string of the molecule is C=C(CC)c1cc2ccc1CCc1ccc(cc1)CC2. The van der Waals surface area contributed by atoms with E-state index in [9.17, 15) is 0 Å². The smallest absolute Gasteiger partial charge is 0.0196 e. The van der Waals surface area contributed by atoms with E-state index in [0.29, 0.717) is 0 Å². The molecule has 2 aromatic carbocycles. The fourth-order valence-corrected chi connectivity index (χ4v) is 2.96.